The minimum absolute atomic E-state index is 0.171. The highest BCUT2D eigenvalue weighted by atomic mass is 35.5. The van der Waals surface area contributed by atoms with Crippen molar-refractivity contribution in [3.8, 4) is 5.75 Å². The molecule has 8 heteroatoms. The first-order valence-corrected chi connectivity index (χ1v) is 8.38. The maximum Gasteiger partial charge on any atom is 0.321 e. The van der Waals surface area contributed by atoms with Crippen LogP contribution in [0.25, 0.3) is 0 Å². The lowest BCUT2D eigenvalue weighted by atomic mass is 9.97. The Bertz CT molecular complexity index is 662. The third-order valence-corrected chi connectivity index (χ3v) is 3.77. The number of hydrogen-bond acceptors (Lipinski definition) is 5. The smallest absolute Gasteiger partial charge is 0.321 e. The predicted octanol–water partition coefficient (Wildman–Crippen LogP) is 1.92. The van der Waals surface area contributed by atoms with Crippen LogP contribution in [0.15, 0.2) is 18.2 Å². The summed E-state index contributed by atoms with van der Waals surface area (Å²) in [6.45, 7) is 3.96. The number of esters is 1. The van der Waals surface area contributed by atoms with Gasteiger partial charge in [0.05, 0.1) is 5.92 Å². The average Bonchev–Trinajstić information content (AvgIpc) is 2.57. The summed E-state index contributed by atoms with van der Waals surface area (Å²) in [7, 11) is 0. The standard InChI is InChI=1S/C17H21ClN2O5/c1-10(2)7-19-17(23)20-15(21)9-25-16(22)12-5-11-6-13(18)3-4-14(11)24-8-12/h3-4,6,10,12H,5,7-9H2,1-2H3,(H2,19,20,21,23)/t12-/m1/s1. The van der Waals surface area contributed by atoms with Gasteiger partial charge < -0.3 is 14.8 Å². The number of hydrogen-bond donors (Lipinski definition) is 2. The second-order valence-electron chi connectivity index (χ2n) is 6.22. The molecule has 7 nitrogen and oxygen atoms in total. The normalized spacial score (nSPS) is 15.8. The summed E-state index contributed by atoms with van der Waals surface area (Å²) < 4.78 is 10.5. The Balaban J connectivity index is 1.77. The number of imide groups is 1. The highest BCUT2D eigenvalue weighted by Crippen LogP contribution is 2.30. The van der Waals surface area contributed by atoms with E-state index in [0.29, 0.717) is 23.7 Å². The molecular formula is C17H21ClN2O5. The zero-order chi connectivity index (χ0) is 18.4. The van der Waals surface area contributed by atoms with Gasteiger partial charge in [0.25, 0.3) is 5.91 Å². The number of carbonyl (C=O) groups is 3. The van der Waals surface area contributed by atoms with Gasteiger partial charge in [-0.05, 0) is 36.1 Å². The first-order valence-electron chi connectivity index (χ1n) is 8.00. The monoisotopic (exact) mass is 368 g/mol. The fourth-order valence-corrected chi connectivity index (χ4v) is 2.47. The van der Waals surface area contributed by atoms with Crippen LogP contribution in [0, 0.1) is 11.8 Å². The van der Waals surface area contributed by atoms with Gasteiger partial charge in [0, 0.05) is 11.6 Å². The van der Waals surface area contributed by atoms with Crippen LogP contribution in [0.2, 0.25) is 5.02 Å². The minimum atomic E-state index is -0.685. The van der Waals surface area contributed by atoms with Gasteiger partial charge in [-0.3, -0.25) is 14.9 Å². The van der Waals surface area contributed by atoms with E-state index in [4.69, 9.17) is 21.1 Å². The Morgan fingerprint density at radius 1 is 1.36 bits per heavy atom. The van der Waals surface area contributed by atoms with Crippen molar-refractivity contribution in [2.75, 3.05) is 19.8 Å². The molecule has 1 aliphatic heterocycles. The molecular weight excluding hydrogens is 348 g/mol. The molecule has 3 amide bonds. The van der Waals surface area contributed by atoms with Gasteiger partial charge in [0.2, 0.25) is 0 Å². The van der Waals surface area contributed by atoms with Gasteiger partial charge in [-0.15, -0.1) is 0 Å². The second-order valence-corrected chi connectivity index (χ2v) is 6.66. The number of amides is 3. The van der Waals surface area contributed by atoms with Crippen LogP contribution in [-0.2, 0) is 20.7 Å². The van der Waals surface area contributed by atoms with Crippen molar-refractivity contribution in [1.82, 2.24) is 10.6 Å². The molecule has 0 bridgehead atoms. The molecule has 0 fully saturated rings. The van der Waals surface area contributed by atoms with E-state index in [1.165, 1.54) is 0 Å². The van der Waals surface area contributed by atoms with E-state index in [1.807, 2.05) is 13.8 Å². The molecule has 0 unspecified atom stereocenters. The number of ether oxygens (including phenoxy) is 2. The number of fused-ring (bicyclic) bond motifs is 1. The van der Waals surface area contributed by atoms with Gasteiger partial charge in [-0.25, -0.2) is 4.79 Å². The van der Waals surface area contributed by atoms with Crippen LogP contribution >= 0.6 is 11.6 Å². The summed E-state index contributed by atoms with van der Waals surface area (Å²) in [4.78, 5) is 35.2. The lowest BCUT2D eigenvalue weighted by Gasteiger charge is -2.24. The van der Waals surface area contributed by atoms with Crippen molar-refractivity contribution >= 4 is 29.5 Å². The first-order chi connectivity index (χ1) is 11.8. The summed E-state index contributed by atoms with van der Waals surface area (Å²) in [6, 6.07) is 4.59. The van der Waals surface area contributed by atoms with Crippen LogP contribution in [0.5, 0.6) is 5.75 Å². The average molecular weight is 369 g/mol. The van der Waals surface area contributed by atoms with Crippen LogP contribution in [-0.4, -0.2) is 37.7 Å². The highest BCUT2D eigenvalue weighted by Gasteiger charge is 2.28. The van der Waals surface area contributed by atoms with Crippen molar-refractivity contribution < 1.29 is 23.9 Å². The molecule has 0 radical (unpaired) electrons. The quantitative estimate of drug-likeness (QED) is 0.774. The Kier molecular flexibility index (Phi) is 6.64. The minimum Gasteiger partial charge on any atom is -0.492 e. The number of urea groups is 1. The van der Waals surface area contributed by atoms with E-state index in [1.54, 1.807) is 18.2 Å². The highest BCUT2D eigenvalue weighted by molar-refractivity contribution is 6.30. The van der Waals surface area contributed by atoms with Crippen molar-refractivity contribution in [2.24, 2.45) is 11.8 Å². The van der Waals surface area contributed by atoms with E-state index in [0.717, 1.165) is 5.56 Å². The summed E-state index contributed by atoms with van der Waals surface area (Å²) in [6.07, 6.45) is 0.422. The summed E-state index contributed by atoms with van der Waals surface area (Å²) in [5, 5.41) is 5.20. The molecule has 2 rings (SSSR count). The zero-order valence-corrected chi connectivity index (χ0v) is 14.9. The molecule has 1 atom stereocenters. The maximum atomic E-state index is 12.1. The van der Waals surface area contributed by atoms with Gasteiger partial charge >= 0.3 is 12.0 Å². The third-order valence-electron chi connectivity index (χ3n) is 3.53. The summed E-state index contributed by atoms with van der Waals surface area (Å²) in [5.41, 5.74) is 0.818. The van der Waals surface area contributed by atoms with Crippen LogP contribution < -0.4 is 15.4 Å². The van der Waals surface area contributed by atoms with E-state index in [-0.39, 0.29) is 12.5 Å². The Morgan fingerprint density at radius 3 is 2.84 bits per heavy atom. The van der Waals surface area contributed by atoms with Gasteiger partial charge in [0.1, 0.15) is 12.4 Å². The molecule has 0 aliphatic carbocycles. The Morgan fingerprint density at radius 2 is 2.12 bits per heavy atom. The van der Waals surface area contributed by atoms with Gasteiger partial charge in [0.15, 0.2) is 6.61 Å². The predicted molar refractivity (Wildman–Crippen MR) is 91.5 cm³/mol. The topological polar surface area (TPSA) is 93.7 Å². The molecule has 1 aromatic carbocycles. The van der Waals surface area contributed by atoms with E-state index < -0.39 is 30.4 Å². The summed E-state index contributed by atoms with van der Waals surface area (Å²) in [5.74, 6) is -0.805. The van der Waals surface area contributed by atoms with E-state index >= 15 is 0 Å². The molecule has 25 heavy (non-hydrogen) atoms. The van der Waals surface area contributed by atoms with Crippen LogP contribution in [0.4, 0.5) is 4.79 Å². The van der Waals surface area contributed by atoms with Crippen LogP contribution in [0.1, 0.15) is 19.4 Å². The Labute approximate surface area is 151 Å². The van der Waals surface area contributed by atoms with Gasteiger partial charge in [-0.2, -0.15) is 0 Å². The SMILES string of the molecule is CC(C)CNC(=O)NC(=O)COC(=O)[C@H]1COc2ccc(Cl)cc2C1. The van der Waals surface area contributed by atoms with E-state index in [9.17, 15) is 14.4 Å². The third kappa shape index (κ3) is 5.94. The number of rotatable bonds is 5. The molecule has 0 saturated heterocycles. The molecule has 0 spiro atoms. The van der Waals surface area contributed by atoms with Crippen LogP contribution in [0.3, 0.4) is 0 Å². The Hall–Kier alpha value is -2.28. The molecule has 1 aliphatic rings. The fourth-order valence-electron chi connectivity index (χ4n) is 2.27. The van der Waals surface area contributed by atoms with Gasteiger partial charge in [-0.1, -0.05) is 25.4 Å². The molecule has 1 aromatic rings. The van der Waals surface area contributed by atoms with Crippen molar-refractivity contribution in [2.45, 2.75) is 20.3 Å². The van der Waals surface area contributed by atoms with E-state index in [2.05, 4.69) is 10.6 Å². The second kappa shape index (κ2) is 8.71. The molecule has 1 heterocycles. The molecule has 136 valence electrons. The number of nitrogens with one attached hydrogen (secondary N) is 2. The van der Waals surface area contributed by atoms with Crippen molar-refractivity contribution in [3.63, 3.8) is 0 Å². The lowest BCUT2D eigenvalue weighted by Crippen LogP contribution is -2.43. The first kappa shape index (κ1) is 19.1. The van der Waals surface area contributed by atoms with Crippen molar-refractivity contribution in [1.29, 1.82) is 0 Å². The zero-order valence-electron chi connectivity index (χ0n) is 14.1. The maximum absolute atomic E-state index is 12.1. The summed E-state index contributed by atoms with van der Waals surface area (Å²) >= 11 is 5.94. The lowest BCUT2D eigenvalue weighted by molar-refractivity contribution is -0.153. The number of halogens is 1. The fraction of sp³-hybridized carbons (Fsp3) is 0.471. The molecule has 0 saturated carbocycles. The molecule has 2 N–H and O–H groups in total. The number of carbonyl (C=O) groups excluding carboxylic acids is 3. The largest absolute Gasteiger partial charge is 0.492 e. The number of benzene rings is 1. The molecule has 0 aromatic heterocycles. The van der Waals surface area contributed by atoms with Crippen molar-refractivity contribution in [3.05, 3.63) is 28.8 Å².